The third-order valence-electron chi connectivity index (χ3n) is 4.19. The molecule has 3 rings (SSSR count). The first-order valence-corrected chi connectivity index (χ1v) is 9.43. The van der Waals surface area contributed by atoms with E-state index < -0.39 is 0 Å². The number of hydrogen-bond donors (Lipinski definition) is 2. The van der Waals surface area contributed by atoms with Crippen LogP contribution in [0.3, 0.4) is 0 Å². The van der Waals surface area contributed by atoms with Crippen molar-refractivity contribution in [1.82, 2.24) is 5.32 Å². The van der Waals surface area contributed by atoms with Crippen LogP contribution in [0, 0.1) is 6.92 Å². The molecule has 1 aliphatic rings. The molecule has 0 bridgehead atoms. The Bertz CT molecular complexity index is 773. The number of rotatable bonds is 8. The molecule has 0 aromatic heterocycles. The number of hydrogen-bond acceptors (Lipinski definition) is 4. The minimum atomic E-state index is -0.216. The maximum atomic E-state index is 12.1. The van der Waals surface area contributed by atoms with Gasteiger partial charge in [-0.1, -0.05) is 33.6 Å². The van der Waals surface area contributed by atoms with E-state index in [1.54, 1.807) is 7.11 Å². The van der Waals surface area contributed by atoms with Crippen LogP contribution in [0.1, 0.15) is 24.0 Å². The second-order valence-electron chi connectivity index (χ2n) is 6.45. The van der Waals surface area contributed by atoms with Crippen molar-refractivity contribution in [3.8, 4) is 11.5 Å². The highest BCUT2D eigenvalue weighted by molar-refractivity contribution is 9.10. The van der Waals surface area contributed by atoms with Gasteiger partial charge in [0.1, 0.15) is 0 Å². The number of amides is 1. The third kappa shape index (κ3) is 5.22. The van der Waals surface area contributed by atoms with Gasteiger partial charge < -0.3 is 20.1 Å². The largest absolute Gasteiger partial charge is 0.493 e. The molecule has 0 radical (unpaired) electrons. The normalized spacial score (nSPS) is 13.3. The van der Waals surface area contributed by atoms with Crippen LogP contribution in [0.5, 0.6) is 11.5 Å². The lowest BCUT2D eigenvalue weighted by atomic mass is 10.2. The van der Waals surface area contributed by atoms with Gasteiger partial charge in [0.2, 0.25) is 0 Å². The molecule has 0 spiro atoms. The van der Waals surface area contributed by atoms with Gasteiger partial charge in [0.15, 0.2) is 18.1 Å². The average molecular weight is 419 g/mol. The summed E-state index contributed by atoms with van der Waals surface area (Å²) >= 11 is 3.57. The molecule has 0 atom stereocenters. The summed E-state index contributed by atoms with van der Waals surface area (Å²) in [6.45, 7) is 2.69. The molecular weight excluding hydrogens is 396 g/mol. The Kier molecular flexibility index (Phi) is 6.16. The quantitative estimate of drug-likeness (QED) is 0.678. The van der Waals surface area contributed by atoms with Crippen LogP contribution in [-0.2, 0) is 11.3 Å². The summed E-state index contributed by atoms with van der Waals surface area (Å²) in [5.41, 5.74) is 2.99. The van der Waals surface area contributed by atoms with E-state index in [1.807, 2.05) is 43.3 Å². The smallest absolute Gasteiger partial charge is 0.262 e. The van der Waals surface area contributed by atoms with E-state index in [4.69, 9.17) is 9.47 Å². The van der Waals surface area contributed by atoms with E-state index in [1.165, 1.54) is 12.8 Å². The van der Waals surface area contributed by atoms with Crippen LogP contribution >= 0.6 is 15.9 Å². The number of ether oxygens (including phenoxy) is 2. The summed E-state index contributed by atoms with van der Waals surface area (Å²) in [6.07, 6.45) is 2.48. The van der Waals surface area contributed by atoms with E-state index in [0.717, 1.165) is 27.8 Å². The minimum Gasteiger partial charge on any atom is -0.493 e. The first-order valence-electron chi connectivity index (χ1n) is 8.64. The predicted molar refractivity (Wildman–Crippen MR) is 106 cm³/mol. The number of methoxy groups -OCH3 is 1. The Hall–Kier alpha value is -2.05. The van der Waals surface area contributed by atoms with Crippen molar-refractivity contribution in [2.45, 2.75) is 32.4 Å². The molecule has 0 heterocycles. The molecule has 2 aromatic rings. The van der Waals surface area contributed by atoms with Gasteiger partial charge in [0, 0.05) is 22.7 Å². The number of anilines is 1. The lowest BCUT2D eigenvalue weighted by Gasteiger charge is -2.14. The Balaban J connectivity index is 1.59. The van der Waals surface area contributed by atoms with Gasteiger partial charge in [0.25, 0.3) is 5.91 Å². The predicted octanol–water partition coefficient (Wildman–Crippen LogP) is 4.04. The highest BCUT2D eigenvalue weighted by atomic mass is 79.9. The van der Waals surface area contributed by atoms with Crippen molar-refractivity contribution in [1.29, 1.82) is 0 Å². The highest BCUT2D eigenvalue weighted by Gasteiger charge is 2.21. The fourth-order valence-corrected chi connectivity index (χ4v) is 2.97. The zero-order valence-corrected chi connectivity index (χ0v) is 16.6. The Morgan fingerprint density at radius 3 is 2.58 bits per heavy atom. The average Bonchev–Trinajstić information content (AvgIpc) is 3.45. The van der Waals surface area contributed by atoms with Crippen LogP contribution in [0.15, 0.2) is 40.9 Å². The molecule has 2 aromatic carbocycles. The van der Waals surface area contributed by atoms with E-state index in [-0.39, 0.29) is 12.5 Å². The first-order chi connectivity index (χ1) is 12.5. The summed E-state index contributed by atoms with van der Waals surface area (Å²) in [4.78, 5) is 12.1. The topological polar surface area (TPSA) is 59.6 Å². The second kappa shape index (κ2) is 8.56. The molecular formula is C20H23BrN2O3. The molecule has 1 saturated carbocycles. The molecule has 0 saturated heterocycles. The van der Waals surface area contributed by atoms with Gasteiger partial charge in [-0.25, -0.2) is 0 Å². The Morgan fingerprint density at radius 1 is 1.19 bits per heavy atom. The van der Waals surface area contributed by atoms with Crippen molar-refractivity contribution in [3.05, 3.63) is 52.0 Å². The van der Waals surface area contributed by atoms with Gasteiger partial charge in [-0.2, -0.15) is 0 Å². The van der Waals surface area contributed by atoms with Crippen molar-refractivity contribution in [3.63, 3.8) is 0 Å². The van der Waals surface area contributed by atoms with Gasteiger partial charge >= 0.3 is 0 Å². The van der Waals surface area contributed by atoms with Gasteiger partial charge in [0.05, 0.1) is 7.11 Å². The van der Waals surface area contributed by atoms with E-state index in [9.17, 15) is 4.79 Å². The molecule has 2 N–H and O–H groups in total. The van der Waals surface area contributed by atoms with Crippen molar-refractivity contribution in [2.24, 2.45) is 0 Å². The van der Waals surface area contributed by atoms with Gasteiger partial charge in [-0.15, -0.1) is 0 Å². The summed E-state index contributed by atoms with van der Waals surface area (Å²) in [6, 6.07) is 12.1. The van der Waals surface area contributed by atoms with Crippen molar-refractivity contribution >= 4 is 27.5 Å². The zero-order chi connectivity index (χ0) is 18.5. The number of carbonyl (C=O) groups is 1. The standard InChI is InChI=1S/C20H23BrN2O3/c1-13-3-5-16(6-4-13)23-20(24)12-26-19-10-17(21)14(9-18(19)25-2)11-22-15-7-8-15/h3-6,9-10,15,22H,7-8,11-12H2,1-2H3,(H,23,24). The van der Waals surface area contributed by atoms with Crippen LogP contribution in [0.2, 0.25) is 0 Å². The number of nitrogens with one attached hydrogen (secondary N) is 2. The summed E-state index contributed by atoms with van der Waals surface area (Å²) in [7, 11) is 1.60. The number of benzene rings is 2. The summed E-state index contributed by atoms with van der Waals surface area (Å²) in [5.74, 6) is 0.934. The van der Waals surface area contributed by atoms with E-state index in [2.05, 4.69) is 26.6 Å². The number of carbonyl (C=O) groups excluding carboxylic acids is 1. The highest BCUT2D eigenvalue weighted by Crippen LogP contribution is 2.34. The minimum absolute atomic E-state index is 0.0870. The Morgan fingerprint density at radius 2 is 1.92 bits per heavy atom. The maximum absolute atomic E-state index is 12.1. The molecule has 0 aliphatic heterocycles. The lowest BCUT2D eigenvalue weighted by molar-refractivity contribution is -0.118. The van der Waals surface area contributed by atoms with Crippen LogP contribution in [0.4, 0.5) is 5.69 Å². The molecule has 5 nitrogen and oxygen atoms in total. The third-order valence-corrected chi connectivity index (χ3v) is 4.92. The number of aryl methyl sites for hydroxylation is 1. The fourth-order valence-electron chi connectivity index (χ4n) is 2.50. The summed E-state index contributed by atoms with van der Waals surface area (Å²) in [5, 5.41) is 6.29. The molecule has 6 heteroatoms. The molecule has 1 amide bonds. The van der Waals surface area contributed by atoms with E-state index in [0.29, 0.717) is 17.5 Å². The first kappa shape index (κ1) is 18.7. The second-order valence-corrected chi connectivity index (χ2v) is 7.31. The molecule has 0 unspecified atom stereocenters. The van der Waals surface area contributed by atoms with Crippen LogP contribution in [0.25, 0.3) is 0 Å². The SMILES string of the molecule is COc1cc(CNC2CC2)c(Br)cc1OCC(=O)Nc1ccc(C)cc1. The fraction of sp³-hybridized carbons (Fsp3) is 0.350. The maximum Gasteiger partial charge on any atom is 0.262 e. The molecule has 1 fully saturated rings. The van der Waals surface area contributed by atoms with Crippen molar-refractivity contribution in [2.75, 3.05) is 19.0 Å². The zero-order valence-electron chi connectivity index (χ0n) is 15.0. The van der Waals surface area contributed by atoms with Gasteiger partial charge in [-0.05, 0) is 49.6 Å². The monoisotopic (exact) mass is 418 g/mol. The van der Waals surface area contributed by atoms with E-state index >= 15 is 0 Å². The van der Waals surface area contributed by atoms with Crippen molar-refractivity contribution < 1.29 is 14.3 Å². The van der Waals surface area contributed by atoms with Crippen LogP contribution < -0.4 is 20.1 Å². The Labute approximate surface area is 162 Å². The van der Waals surface area contributed by atoms with Gasteiger partial charge in [-0.3, -0.25) is 4.79 Å². The lowest BCUT2D eigenvalue weighted by Crippen LogP contribution is -2.20. The van der Waals surface area contributed by atoms with Crippen LogP contribution in [-0.4, -0.2) is 25.7 Å². The summed E-state index contributed by atoms with van der Waals surface area (Å²) < 4.78 is 12.0. The molecule has 26 heavy (non-hydrogen) atoms. The molecule has 138 valence electrons. The number of halogens is 1. The molecule has 1 aliphatic carbocycles.